The van der Waals surface area contributed by atoms with Crippen molar-refractivity contribution in [2.75, 3.05) is 39.6 Å². The Balaban J connectivity index is 3.13. The fraction of sp³-hybridized carbons (Fsp3) is 1.00. The highest BCUT2D eigenvalue weighted by molar-refractivity contribution is 7.33. The van der Waals surface area contributed by atoms with E-state index in [1.165, 1.54) is 0 Å². The molecule has 0 N–H and O–H groups in total. The Hall–Kier alpha value is 0.0700. The van der Waals surface area contributed by atoms with Gasteiger partial charge in [0.05, 0.1) is 13.2 Å². The predicted octanol–water partition coefficient (Wildman–Crippen LogP) is 3.82. The summed E-state index contributed by atoms with van der Waals surface area (Å²) in [4.78, 5) is 0. The van der Waals surface area contributed by atoms with Gasteiger partial charge >= 0.3 is 8.25 Å². The summed E-state index contributed by atoms with van der Waals surface area (Å²) >= 11 is 0. The largest absolute Gasteiger partial charge is 0.381 e. The molecule has 0 spiro atoms. The third-order valence-electron chi connectivity index (χ3n) is 2.59. The molecule has 0 unspecified atom stereocenters. The fourth-order valence-corrected chi connectivity index (χ4v) is 2.08. The number of ether oxygens (including phenoxy) is 2. The SMILES string of the molecule is CCCCOCCCO[PH](=O)OCCCOCCCC. The number of hydrogen-bond donors (Lipinski definition) is 0. The molecule has 0 aromatic heterocycles. The molecule has 122 valence electrons. The van der Waals surface area contributed by atoms with Crippen molar-refractivity contribution in [1.82, 2.24) is 0 Å². The maximum Gasteiger partial charge on any atom is 0.319 e. The van der Waals surface area contributed by atoms with Crippen molar-refractivity contribution in [1.29, 1.82) is 0 Å². The maximum atomic E-state index is 11.4. The summed E-state index contributed by atoms with van der Waals surface area (Å²) in [6.07, 6.45) is 5.95. The Morgan fingerprint density at radius 3 is 1.45 bits per heavy atom. The van der Waals surface area contributed by atoms with Crippen LogP contribution in [0.25, 0.3) is 0 Å². The lowest BCUT2D eigenvalue weighted by Gasteiger charge is -2.06. The van der Waals surface area contributed by atoms with Crippen molar-refractivity contribution < 1.29 is 23.1 Å². The number of hydrogen-bond acceptors (Lipinski definition) is 5. The lowest BCUT2D eigenvalue weighted by Crippen LogP contribution is -2.01. The summed E-state index contributed by atoms with van der Waals surface area (Å²) < 4.78 is 32.3. The molecule has 0 aliphatic heterocycles. The highest BCUT2D eigenvalue weighted by Crippen LogP contribution is 2.23. The zero-order chi connectivity index (χ0) is 14.9. The van der Waals surface area contributed by atoms with Crippen LogP contribution in [0.5, 0.6) is 0 Å². The molecule has 0 saturated heterocycles. The number of unbranched alkanes of at least 4 members (excludes halogenated alkanes) is 2. The van der Waals surface area contributed by atoms with Crippen LogP contribution in [0.4, 0.5) is 0 Å². The average molecular weight is 310 g/mol. The van der Waals surface area contributed by atoms with Gasteiger partial charge in [-0.2, -0.15) is 0 Å². The first kappa shape index (κ1) is 20.1. The Morgan fingerprint density at radius 1 is 0.650 bits per heavy atom. The van der Waals surface area contributed by atoms with Crippen LogP contribution in [0.1, 0.15) is 52.4 Å². The lowest BCUT2D eigenvalue weighted by atomic mass is 10.4. The molecule has 5 nitrogen and oxygen atoms in total. The monoisotopic (exact) mass is 310 g/mol. The summed E-state index contributed by atoms with van der Waals surface area (Å²) in [7, 11) is -2.34. The van der Waals surface area contributed by atoms with Crippen LogP contribution in [0, 0.1) is 0 Å². The van der Waals surface area contributed by atoms with Gasteiger partial charge in [0.25, 0.3) is 0 Å². The molecule has 0 aliphatic carbocycles. The first-order valence-electron chi connectivity index (χ1n) is 7.76. The second-order valence-corrected chi connectivity index (χ2v) is 5.66. The van der Waals surface area contributed by atoms with Crippen LogP contribution >= 0.6 is 8.25 Å². The minimum atomic E-state index is -2.34. The molecule has 0 aliphatic rings. The van der Waals surface area contributed by atoms with E-state index in [1.807, 2.05) is 0 Å². The molecule has 0 saturated carbocycles. The molecule has 0 rings (SSSR count). The van der Waals surface area contributed by atoms with E-state index in [-0.39, 0.29) is 0 Å². The van der Waals surface area contributed by atoms with Crippen molar-refractivity contribution in [2.45, 2.75) is 52.4 Å². The second-order valence-electron chi connectivity index (χ2n) is 4.59. The first-order chi connectivity index (χ1) is 9.81. The van der Waals surface area contributed by atoms with Gasteiger partial charge in [-0.05, 0) is 25.7 Å². The molecular weight excluding hydrogens is 279 g/mol. The fourth-order valence-electron chi connectivity index (χ4n) is 1.37. The van der Waals surface area contributed by atoms with Gasteiger partial charge in [0.15, 0.2) is 0 Å². The molecule has 0 heterocycles. The lowest BCUT2D eigenvalue weighted by molar-refractivity contribution is 0.107. The molecule has 0 fully saturated rings. The van der Waals surface area contributed by atoms with Gasteiger partial charge < -0.3 is 18.5 Å². The van der Waals surface area contributed by atoms with Crippen molar-refractivity contribution in [2.24, 2.45) is 0 Å². The van der Waals surface area contributed by atoms with Crippen LogP contribution in [0.3, 0.4) is 0 Å². The summed E-state index contributed by atoms with van der Waals surface area (Å²) in [5.74, 6) is 0. The van der Waals surface area contributed by atoms with E-state index in [9.17, 15) is 4.57 Å². The summed E-state index contributed by atoms with van der Waals surface area (Å²) in [6.45, 7) is 8.00. The highest BCUT2D eigenvalue weighted by Gasteiger charge is 2.00. The van der Waals surface area contributed by atoms with Crippen molar-refractivity contribution in [3.8, 4) is 0 Å². The van der Waals surface area contributed by atoms with Crippen molar-refractivity contribution >= 4 is 8.25 Å². The predicted molar refractivity (Wildman–Crippen MR) is 81.6 cm³/mol. The van der Waals surface area contributed by atoms with Gasteiger partial charge in [0.1, 0.15) is 0 Å². The van der Waals surface area contributed by atoms with Gasteiger partial charge in [-0.3, -0.25) is 4.57 Å². The molecule has 0 aromatic rings. The van der Waals surface area contributed by atoms with Crippen LogP contribution < -0.4 is 0 Å². The molecule has 6 heteroatoms. The third kappa shape index (κ3) is 16.1. The van der Waals surface area contributed by atoms with Crippen LogP contribution in [0.15, 0.2) is 0 Å². The van der Waals surface area contributed by atoms with E-state index < -0.39 is 8.25 Å². The maximum absolute atomic E-state index is 11.4. The molecule has 0 aromatic carbocycles. The molecule has 20 heavy (non-hydrogen) atoms. The van der Waals surface area contributed by atoms with Gasteiger partial charge in [-0.25, -0.2) is 0 Å². The molecule has 0 atom stereocenters. The molecule has 0 radical (unpaired) electrons. The quantitative estimate of drug-likeness (QED) is 0.320. The van der Waals surface area contributed by atoms with E-state index in [2.05, 4.69) is 13.8 Å². The van der Waals surface area contributed by atoms with Gasteiger partial charge in [0, 0.05) is 26.4 Å². The summed E-state index contributed by atoms with van der Waals surface area (Å²) in [5, 5.41) is 0. The van der Waals surface area contributed by atoms with Crippen LogP contribution in [0.2, 0.25) is 0 Å². The topological polar surface area (TPSA) is 54.0 Å². The minimum absolute atomic E-state index is 0.428. The Kier molecular flexibility index (Phi) is 17.2. The van der Waals surface area contributed by atoms with Gasteiger partial charge in [-0.1, -0.05) is 26.7 Å². The average Bonchev–Trinajstić information content (AvgIpc) is 2.45. The summed E-state index contributed by atoms with van der Waals surface area (Å²) in [5.41, 5.74) is 0. The number of rotatable bonds is 16. The minimum Gasteiger partial charge on any atom is -0.381 e. The smallest absolute Gasteiger partial charge is 0.319 e. The molecular formula is C14H31O5P. The van der Waals surface area contributed by atoms with E-state index >= 15 is 0 Å². The zero-order valence-electron chi connectivity index (χ0n) is 13.0. The molecule has 0 bridgehead atoms. The third-order valence-corrected chi connectivity index (χ3v) is 3.47. The second kappa shape index (κ2) is 17.1. The van der Waals surface area contributed by atoms with E-state index in [1.54, 1.807) is 0 Å². The van der Waals surface area contributed by atoms with Crippen molar-refractivity contribution in [3.05, 3.63) is 0 Å². The van der Waals surface area contributed by atoms with E-state index in [4.69, 9.17) is 18.5 Å². The van der Waals surface area contributed by atoms with Gasteiger partial charge in [0.2, 0.25) is 0 Å². The standard InChI is InChI=1S/C14H31O5P/c1-3-5-9-16-11-7-13-18-20(15)19-14-8-12-17-10-6-4-2/h20H,3-14H2,1-2H3. The van der Waals surface area contributed by atoms with Crippen LogP contribution in [-0.2, 0) is 23.1 Å². The van der Waals surface area contributed by atoms with E-state index in [0.29, 0.717) is 26.4 Å². The Morgan fingerprint density at radius 2 is 1.05 bits per heavy atom. The normalized spacial score (nSPS) is 11.3. The Bertz CT molecular complexity index is 194. The highest BCUT2D eigenvalue weighted by atomic mass is 31.1. The van der Waals surface area contributed by atoms with Crippen LogP contribution in [-0.4, -0.2) is 39.6 Å². The molecule has 0 amide bonds. The zero-order valence-corrected chi connectivity index (χ0v) is 14.0. The summed E-state index contributed by atoms with van der Waals surface area (Å²) in [6, 6.07) is 0. The van der Waals surface area contributed by atoms with Crippen molar-refractivity contribution in [3.63, 3.8) is 0 Å². The van der Waals surface area contributed by atoms with E-state index in [0.717, 1.165) is 51.7 Å². The van der Waals surface area contributed by atoms with Gasteiger partial charge in [-0.15, -0.1) is 0 Å². The Labute approximate surface area is 124 Å². The first-order valence-corrected chi connectivity index (χ1v) is 8.98.